The lowest BCUT2D eigenvalue weighted by atomic mass is 10.0. The highest BCUT2D eigenvalue weighted by Crippen LogP contribution is 2.20. The van der Waals surface area contributed by atoms with Crippen molar-refractivity contribution in [2.24, 2.45) is 7.05 Å². The molecule has 2 heterocycles. The lowest BCUT2D eigenvalue weighted by Crippen LogP contribution is -2.43. The van der Waals surface area contributed by atoms with Crippen molar-refractivity contribution >= 4 is 23.6 Å². The van der Waals surface area contributed by atoms with Gasteiger partial charge < -0.3 is 5.32 Å². The van der Waals surface area contributed by atoms with Gasteiger partial charge in [-0.25, -0.2) is 0 Å². The van der Waals surface area contributed by atoms with E-state index in [1.807, 2.05) is 13.0 Å². The summed E-state index contributed by atoms with van der Waals surface area (Å²) >= 11 is 6.18. The number of piperidine rings is 1. The van der Waals surface area contributed by atoms with Crippen LogP contribution in [-0.2, 0) is 18.4 Å². The van der Waals surface area contributed by atoms with Crippen LogP contribution in [0.4, 0.5) is 0 Å². The number of rotatable bonds is 5. The maximum Gasteiger partial charge on any atom is 0.244 e. The van der Waals surface area contributed by atoms with Crippen LogP contribution in [0.3, 0.4) is 0 Å². The Kier molecular flexibility index (Phi) is 6.12. The summed E-state index contributed by atoms with van der Waals surface area (Å²) in [6.07, 6.45) is 5.23. The third kappa shape index (κ3) is 4.74. The van der Waals surface area contributed by atoms with Gasteiger partial charge in [-0.15, -0.1) is 0 Å². The number of likely N-dealkylation sites (tertiary alicyclic amines) is 1. The van der Waals surface area contributed by atoms with Gasteiger partial charge in [0, 0.05) is 44.4 Å². The highest BCUT2D eigenvalue weighted by molar-refractivity contribution is 6.31. The molecule has 0 saturated carbocycles. The quantitative estimate of drug-likeness (QED) is 0.820. The first kappa shape index (κ1) is 18.7. The van der Waals surface area contributed by atoms with Gasteiger partial charge in [0.05, 0.1) is 5.69 Å². The Balaban J connectivity index is 1.47. The molecule has 1 fully saturated rings. The van der Waals surface area contributed by atoms with E-state index in [1.54, 1.807) is 23.9 Å². The lowest BCUT2D eigenvalue weighted by molar-refractivity contribution is -0.117. The topological polar surface area (TPSA) is 50.2 Å². The Morgan fingerprint density at radius 2 is 2.00 bits per heavy atom. The van der Waals surface area contributed by atoms with Crippen molar-refractivity contribution < 1.29 is 4.79 Å². The van der Waals surface area contributed by atoms with Crippen molar-refractivity contribution in [3.05, 3.63) is 58.4 Å². The van der Waals surface area contributed by atoms with E-state index in [4.69, 9.17) is 11.6 Å². The SMILES string of the molecule is Cc1nn(C)c(Cl)c1/C=C/C(=O)NC1CCN(Cc2ccccc2)CC1. The monoisotopic (exact) mass is 372 g/mol. The molecule has 1 aliphatic rings. The zero-order valence-corrected chi connectivity index (χ0v) is 16.0. The number of nitrogens with one attached hydrogen (secondary N) is 1. The zero-order valence-electron chi connectivity index (χ0n) is 15.3. The molecule has 138 valence electrons. The van der Waals surface area contributed by atoms with Gasteiger partial charge in [0.25, 0.3) is 0 Å². The Morgan fingerprint density at radius 1 is 1.31 bits per heavy atom. The fraction of sp³-hybridized carbons (Fsp3) is 0.400. The first-order valence-corrected chi connectivity index (χ1v) is 9.34. The van der Waals surface area contributed by atoms with Crippen LogP contribution in [0.15, 0.2) is 36.4 Å². The Bertz CT molecular complexity index is 777. The number of hydrogen-bond donors (Lipinski definition) is 1. The minimum absolute atomic E-state index is 0.0779. The van der Waals surface area contributed by atoms with Crippen LogP contribution < -0.4 is 5.32 Å². The maximum atomic E-state index is 12.2. The second kappa shape index (κ2) is 8.52. The van der Waals surface area contributed by atoms with E-state index in [0.717, 1.165) is 43.7 Å². The van der Waals surface area contributed by atoms with Gasteiger partial charge in [0.1, 0.15) is 5.15 Å². The molecule has 1 saturated heterocycles. The van der Waals surface area contributed by atoms with E-state index in [9.17, 15) is 4.79 Å². The summed E-state index contributed by atoms with van der Waals surface area (Å²) in [6, 6.07) is 10.7. The minimum atomic E-state index is -0.0779. The molecule has 0 aliphatic carbocycles. The van der Waals surface area contributed by atoms with Crippen molar-refractivity contribution in [3.8, 4) is 0 Å². The molecule has 0 atom stereocenters. The highest BCUT2D eigenvalue weighted by atomic mass is 35.5. The van der Waals surface area contributed by atoms with Crippen LogP contribution in [0.1, 0.15) is 29.7 Å². The van der Waals surface area contributed by atoms with Crippen LogP contribution in [0.2, 0.25) is 5.15 Å². The van der Waals surface area contributed by atoms with E-state index in [1.165, 1.54) is 5.56 Å². The first-order valence-electron chi connectivity index (χ1n) is 8.97. The zero-order chi connectivity index (χ0) is 18.5. The van der Waals surface area contributed by atoms with Crippen LogP contribution >= 0.6 is 11.6 Å². The summed E-state index contributed by atoms with van der Waals surface area (Å²) in [5, 5.41) is 7.88. The van der Waals surface area contributed by atoms with Crippen molar-refractivity contribution in [3.63, 3.8) is 0 Å². The number of carbonyl (C=O) groups is 1. The number of nitrogens with zero attached hydrogens (tertiary/aromatic N) is 3. The number of hydrogen-bond acceptors (Lipinski definition) is 3. The average Bonchev–Trinajstić information content (AvgIpc) is 2.88. The third-order valence-electron chi connectivity index (χ3n) is 4.78. The predicted molar refractivity (Wildman–Crippen MR) is 105 cm³/mol. The van der Waals surface area contributed by atoms with Crippen LogP contribution in [0.5, 0.6) is 0 Å². The molecular weight excluding hydrogens is 348 g/mol. The summed E-state index contributed by atoms with van der Waals surface area (Å²) in [4.78, 5) is 14.6. The van der Waals surface area contributed by atoms with Gasteiger partial charge in [0.2, 0.25) is 5.91 Å². The summed E-state index contributed by atoms with van der Waals surface area (Å²) in [7, 11) is 1.79. The predicted octanol–water partition coefficient (Wildman–Crippen LogP) is 3.18. The van der Waals surface area contributed by atoms with Crippen molar-refractivity contribution in [1.29, 1.82) is 0 Å². The van der Waals surface area contributed by atoms with E-state index in [0.29, 0.717) is 5.15 Å². The van der Waals surface area contributed by atoms with Crippen LogP contribution in [0.25, 0.3) is 6.08 Å². The number of benzene rings is 1. The molecule has 0 unspecified atom stereocenters. The number of aromatic nitrogens is 2. The molecule has 2 aromatic rings. The standard InChI is InChI=1S/C20H25ClN4O/c1-15-18(20(21)24(2)23-15)8-9-19(26)22-17-10-12-25(13-11-17)14-16-6-4-3-5-7-16/h3-9,17H,10-14H2,1-2H3,(H,22,26)/b9-8+. The smallest absolute Gasteiger partial charge is 0.244 e. The largest absolute Gasteiger partial charge is 0.350 e. The van der Waals surface area contributed by atoms with Crippen molar-refractivity contribution in [2.45, 2.75) is 32.4 Å². The molecule has 1 aromatic heterocycles. The van der Waals surface area contributed by atoms with Gasteiger partial charge in [0.15, 0.2) is 0 Å². The number of halogens is 1. The first-order chi connectivity index (χ1) is 12.5. The Hall–Kier alpha value is -2.11. The molecule has 5 nitrogen and oxygen atoms in total. The molecule has 0 radical (unpaired) electrons. The molecular formula is C20H25ClN4O. The van der Waals surface area contributed by atoms with Gasteiger partial charge in [-0.3, -0.25) is 14.4 Å². The molecule has 0 spiro atoms. The molecule has 1 amide bonds. The Morgan fingerprint density at radius 3 is 2.62 bits per heavy atom. The molecule has 6 heteroatoms. The van der Waals surface area contributed by atoms with Crippen LogP contribution in [0, 0.1) is 6.92 Å². The van der Waals surface area contributed by atoms with Crippen molar-refractivity contribution in [1.82, 2.24) is 20.0 Å². The Labute approximate surface area is 159 Å². The van der Waals surface area contributed by atoms with Crippen molar-refractivity contribution in [2.75, 3.05) is 13.1 Å². The van der Waals surface area contributed by atoms with Gasteiger partial charge in [-0.1, -0.05) is 41.9 Å². The maximum absolute atomic E-state index is 12.2. The van der Waals surface area contributed by atoms with E-state index >= 15 is 0 Å². The van der Waals surface area contributed by atoms with Crippen LogP contribution in [-0.4, -0.2) is 39.7 Å². The van der Waals surface area contributed by atoms with E-state index in [-0.39, 0.29) is 11.9 Å². The molecule has 1 N–H and O–H groups in total. The number of carbonyl (C=O) groups excluding carboxylic acids is 1. The summed E-state index contributed by atoms with van der Waals surface area (Å²) in [5.74, 6) is -0.0779. The minimum Gasteiger partial charge on any atom is -0.350 e. The average molecular weight is 373 g/mol. The summed E-state index contributed by atoms with van der Waals surface area (Å²) in [6.45, 7) is 4.85. The molecule has 1 aromatic carbocycles. The highest BCUT2D eigenvalue weighted by Gasteiger charge is 2.20. The molecule has 26 heavy (non-hydrogen) atoms. The number of amides is 1. The second-order valence-electron chi connectivity index (χ2n) is 6.79. The number of aryl methyl sites for hydroxylation is 2. The molecule has 0 bridgehead atoms. The second-order valence-corrected chi connectivity index (χ2v) is 7.15. The lowest BCUT2D eigenvalue weighted by Gasteiger charge is -2.32. The van der Waals surface area contributed by atoms with Gasteiger partial charge >= 0.3 is 0 Å². The fourth-order valence-electron chi connectivity index (χ4n) is 3.32. The molecule has 1 aliphatic heterocycles. The summed E-state index contributed by atoms with van der Waals surface area (Å²) < 4.78 is 1.61. The fourth-order valence-corrected chi connectivity index (χ4v) is 3.56. The normalized spacial score (nSPS) is 16.3. The van der Waals surface area contributed by atoms with E-state index in [2.05, 4.69) is 39.6 Å². The summed E-state index contributed by atoms with van der Waals surface area (Å²) in [5.41, 5.74) is 2.94. The van der Waals surface area contributed by atoms with Gasteiger partial charge in [-0.05, 0) is 31.4 Å². The molecule has 3 rings (SSSR count). The third-order valence-corrected chi connectivity index (χ3v) is 5.23. The van der Waals surface area contributed by atoms with Gasteiger partial charge in [-0.2, -0.15) is 5.10 Å². The van der Waals surface area contributed by atoms with E-state index < -0.39 is 0 Å².